The van der Waals surface area contributed by atoms with Gasteiger partial charge < -0.3 is 25.8 Å². The molecule has 0 radical (unpaired) electrons. The maximum atomic E-state index is 12.2. The highest BCUT2D eigenvalue weighted by atomic mass is 16.5. The normalized spacial score (nSPS) is 25.3. The molecule has 2 fully saturated rings. The molecule has 1 aromatic rings. The van der Waals surface area contributed by atoms with E-state index in [9.17, 15) is 4.79 Å². The molecule has 2 aliphatic rings. The first-order chi connectivity index (χ1) is 11.2. The Bertz CT molecular complexity index is 514. The number of ether oxygens (including phenoxy) is 2. The molecule has 0 aromatic heterocycles. The van der Waals surface area contributed by atoms with Crippen molar-refractivity contribution in [3.63, 3.8) is 0 Å². The number of amides is 1. The summed E-state index contributed by atoms with van der Waals surface area (Å²) in [4.78, 5) is 12.2. The minimum atomic E-state index is -0.386. The van der Waals surface area contributed by atoms with Gasteiger partial charge in [0.25, 0.3) is 5.91 Å². The third-order valence-electron chi connectivity index (χ3n) is 4.41. The van der Waals surface area contributed by atoms with E-state index >= 15 is 0 Å². The van der Waals surface area contributed by atoms with Crippen LogP contribution in [0.25, 0.3) is 0 Å². The SMILES string of the molecule is NC[C@H]1CC[C@@H](C(=O)Nc2ccc(NC3CCOCC3)cc2)O1. The summed E-state index contributed by atoms with van der Waals surface area (Å²) in [6.45, 7) is 2.10. The number of hydrogen-bond donors (Lipinski definition) is 3. The number of anilines is 2. The van der Waals surface area contributed by atoms with Crippen LogP contribution < -0.4 is 16.4 Å². The fourth-order valence-corrected chi connectivity index (χ4v) is 3.02. The van der Waals surface area contributed by atoms with Crippen LogP contribution in [0.5, 0.6) is 0 Å². The maximum absolute atomic E-state index is 12.2. The predicted octanol–water partition coefficient (Wildman–Crippen LogP) is 1.72. The van der Waals surface area contributed by atoms with E-state index in [0.717, 1.165) is 50.3 Å². The molecule has 2 aliphatic heterocycles. The van der Waals surface area contributed by atoms with Gasteiger partial charge in [0, 0.05) is 37.2 Å². The quantitative estimate of drug-likeness (QED) is 0.769. The zero-order chi connectivity index (χ0) is 16.1. The molecule has 0 bridgehead atoms. The number of carbonyl (C=O) groups excluding carboxylic acids is 1. The van der Waals surface area contributed by atoms with Crippen LogP contribution in [0.1, 0.15) is 25.7 Å². The van der Waals surface area contributed by atoms with Crippen molar-refractivity contribution in [2.45, 2.75) is 43.9 Å². The largest absolute Gasteiger partial charge is 0.382 e. The van der Waals surface area contributed by atoms with Crippen LogP contribution in [0.4, 0.5) is 11.4 Å². The molecule has 2 saturated heterocycles. The third-order valence-corrected chi connectivity index (χ3v) is 4.41. The van der Waals surface area contributed by atoms with Crippen molar-refractivity contribution < 1.29 is 14.3 Å². The Hall–Kier alpha value is -1.63. The fraction of sp³-hybridized carbons (Fsp3) is 0.588. The summed E-state index contributed by atoms with van der Waals surface area (Å²) in [5.74, 6) is -0.0916. The van der Waals surface area contributed by atoms with Crippen molar-refractivity contribution in [3.8, 4) is 0 Å². The molecule has 2 heterocycles. The molecule has 0 unspecified atom stereocenters. The lowest BCUT2D eigenvalue weighted by Crippen LogP contribution is -2.29. The van der Waals surface area contributed by atoms with E-state index < -0.39 is 0 Å². The Morgan fingerprint density at radius 1 is 1.09 bits per heavy atom. The molecule has 0 aliphatic carbocycles. The number of nitrogens with two attached hydrogens (primary N) is 1. The molecule has 1 amide bonds. The highest BCUT2D eigenvalue weighted by Gasteiger charge is 2.29. The lowest BCUT2D eigenvalue weighted by molar-refractivity contribution is -0.126. The van der Waals surface area contributed by atoms with Gasteiger partial charge in [-0.15, -0.1) is 0 Å². The Morgan fingerprint density at radius 2 is 1.78 bits per heavy atom. The topological polar surface area (TPSA) is 85.6 Å². The molecule has 23 heavy (non-hydrogen) atoms. The van der Waals surface area contributed by atoms with Gasteiger partial charge >= 0.3 is 0 Å². The van der Waals surface area contributed by atoms with Crippen LogP contribution in [0.2, 0.25) is 0 Å². The van der Waals surface area contributed by atoms with E-state index in [1.807, 2.05) is 24.3 Å². The zero-order valence-corrected chi connectivity index (χ0v) is 13.3. The van der Waals surface area contributed by atoms with Gasteiger partial charge in [0.05, 0.1) is 6.10 Å². The van der Waals surface area contributed by atoms with E-state index in [2.05, 4.69) is 10.6 Å². The molecular weight excluding hydrogens is 294 g/mol. The number of benzene rings is 1. The standard InChI is InChI=1S/C17H25N3O3/c18-11-15-5-6-16(23-15)17(21)20-13-3-1-12(2-4-13)19-14-7-9-22-10-8-14/h1-4,14-16,19H,5-11,18H2,(H,20,21)/t15-,16+/m1/s1. The van der Waals surface area contributed by atoms with Crippen molar-refractivity contribution in [3.05, 3.63) is 24.3 Å². The van der Waals surface area contributed by atoms with Crippen LogP contribution >= 0.6 is 0 Å². The van der Waals surface area contributed by atoms with Gasteiger partial charge in [0.15, 0.2) is 0 Å². The van der Waals surface area contributed by atoms with Crippen LogP contribution in [-0.2, 0) is 14.3 Å². The molecule has 0 spiro atoms. The first-order valence-electron chi connectivity index (χ1n) is 8.35. The van der Waals surface area contributed by atoms with E-state index in [4.69, 9.17) is 15.2 Å². The second-order valence-electron chi connectivity index (χ2n) is 6.16. The van der Waals surface area contributed by atoms with Gasteiger partial charge in [-0.05, 0) is 49.9 Å². The average Bonchev–Trinajstić information content (AvgIpc) is 3.07. The molecular formula is C17H25N3O3. The van der Waals surface area contributed by atoms with Crippen molar-refractivity contribution in [1.82, 2.24) is 0 Å². The number of nitrogens with one attached hydrogen (secondary N) is 2. The van der Waals surface area contributed by atoms with Crippen molar-refractivity contribution in [2.24, 2.45) is 5.73 Å². The Morgan fingerprint density at radius 3 is 2.43 bits per heavy atom. The Labute approximate surface area is 136 Å². The number of rotatable bonds is 5. The van der Waals surface area contributed by atoms with Crippen LogP contribution in [0, 0.1) is 0 Å². The number of hydrogen-bond acceptors (Lipinski definition) is 5. The Kier molecular flexibility index (Phi) is 5.48. The predicted molar refractivity (Wildman–Crippen MR) is 89.5 cm³/mol. The van der Waals surface area contributed by atoms with Crippen molar-refractivity contribution in [1.29, 1.82) is 0 Å². The first-order valence-corrected chi connectivity index (χ1v) is 8.35. The number of carbonyl (C=O) groups is 1. The minimum absolute atomic E-state index is 0.0109. The lowest BCUT2D eigenvalue weighted by Gasteiger charge is -2.24. The maximum Gasteiger partial charge on any atom is 0.253 e. The van der Waals surface area contributed by atoms with E-state index in [1.54, 1.807) is 0 Å². The summed E-state index contributed by atoms with van der Waals surface area (Å²) in [5, 5.41) is 6.41. The molecule has 4 N–H and O–H groups in total. The van der Waals surface area contributed by atoms with Crippen LogP contribution in [-0.4, -0.2) is 43.9 Å². The summed E-state index contributed by atoms with van der Waals surface area (Å²) >= 11 is 0. The fourth-order valence-electron chi connectivity index (χ4n) is 3.02. The molecule has 1 aromatic carbocycles. The summed E-state index contributed by atoms with van der Waals surface area (Å²) in [5.41, 5.74) is 7.42. The summed E-state index contributed by atoms with van der Waals surface area (Å²) in [7, 11) is 0. The second-order valence-corrected chi connectivity index (χ2v) is 6.16. The van der Waals surface area contributed by atoms with Gasteiger partial charge in [0.1, 0.15) is 6.10 Å². The van der Waals surface area contributed by atoms with Gasteiger partial charge in [-0.3, -0.25) is 4.79 Å². The highest BCUT2D eigenvalue weighted by molar-refractivity contribution is 5.94. The van der Waals surface area contributed by atoms with E-state index in [-0.39, 0.29) is 18.1 Å². The third kappa shape index (κ3) is 4.43. The van der Waals surface area contributed by atoms with Gasteiger partial charge in [0.2, 0.25) is 0 Å². The van der Waals surface area contributed by atoms with E-state index in [0.29, 0.717) is 12.6 Å². The summed E-state index contributed by atoms with van der Waals surface area (Å²) in [6, 6.07) is 8.26. The van der Waals surface area contributed by atoms with Gasteiger partial charge in [-0.1, -0.05) is 0 Å². The second kappa shape index (κ2) is 7.77. The highest BCUT2D eigenvalue weighted by Crippen LogP contribution is 2.22. The minimum Gasteiger partial charge on any atom is -0.382 e. The molecule has 3 rings (SSSR count). The summed E-state index contributed by atoms with van der Waals surface area (Å²) in [6.07, 6.45) is 3.26. The van der Waals surface area contributed by atoms with Crippen molar-refractivity contribution >= 4 is 17.3 Å². The Balaban J connectivity index is 1.50. The van der Waals surface area contributed by atoms with Crippen LogP contribution in [0.3, 0.4) is 0 Å². The average molecular weight is 319 g/mol. The first kappa shape index (κ1) is 16.2. The smallest absolute Gasteiger partial charge is 0.253 e. The van der Waals surface area contributed by atoms with Gasteiger partial charge in [-0.25, -0.2) is 0 Å². The molecule has 126 valence electrons. The van der Waals surface area contributed by atoms with E-state index in [1.165, 1.54) is 0 Å². The molecule has 6 nitrogen and oxygen atoms in total. The molecule has 6 heteroatoms. The van der Waals surface area contributed by atoms with Crippen LogP contribution in [0.15, 0.2) is 24.3 Å². The molecule has 2 atom stereocenters. The summed E-state index contributed by atoms with van der Waals surface area (Å²) < 4.78 is 11.0. The zero-order valence-electron chi connectivity index (χ0n) is 13.3. The monoisotopic (exact) mass is 319 g/mol. The lowest BCUT2D eigenvalue weighted by atomic mass is 10.1. The van der Waals surface area contributed by atoms with Crippen molar-refractivity contribution in [2.75, 3.05) is 30.4 Å². The molecule has 0 saturated carbocycles. The van der Waals surface area contributed by atoms with Gasteiger partial charge in [-0.2, -0.15) is 0 Å².